The Balaban J connectivity index is -0.0000000390. The van der Waals surface area contributed by atoms with Gasteiger partial charge in [0.15, 0.2) is 0 Å². The Bertz CT molecular complexity index is 72.3. The molecule has 4 heteroatoms. The molecule has 0 atom stereocenters. The van der Waals surface area contributed by atoms with Crippen LogP contribution in [-0.2, 0) is 21.7 Å². The van der Waals surface area contributed by atoms with Crippen LogP contribution in [0.15, 0.2) is 0 Å². The third kappa shape index (κ3) is 61.3. The van der Waals surface area contributed by atoms with Crippen molar-refractivity contribution in [3.63, 3.8) is 0 Å². The van der Waals surface area contributed by atoms with Crippen molar-refractivity contribution < 1.29 is 21.7 Å². The minimum atomic E-state index is 0. The first-order chi connectivity index (χ1) is 7.14. The van der Waals surface area contributed by atoms with E-state index in [2.05, 4.69) is 22.9 Å². The third-order valence-corrected chi connectivity index (χ3v) is 1.64. The summed E-state index contributed by atoms with van der Waals surface area (Å²) >= 11 is 0. The van der Waals surface area contributed by atoms with E-state index in [1.807, 2.05) is 0 Å². The largest absolute Gasteiger partial charge is 4.00 e. The smallest absolute Gasteiger partial charge is 0.668 e. The van der Waals surface area contributed by atoms with Gasteiger partial charge < -0.3 is 23.4 Å². The van der Waals surface area contributed by atoms with E-state index >= 15 is 0 Å². The van der Waals surface area contributed by atoms with Crippen LogP contribution in [0.3, 0.4) is 0 Å². The van der Waals surface area contributed by atoms with Gasteiger partial charge >= 0.3 is 21.7 Å². The fraction of sp³-hybridized carbons (Fsp3) is 0.923. The van der Waals surface area contributed by atoms with Crippen molar-refractivity contribution in [3.8, 4) is 0 Å². The Morgan fingerprint density at radius 2 is 0.882 bits per heavy atom. The molecule has 0 radical (unpaired) electrons. The Hall–Kier alpha value is 0.594. The molecule has 1 aliphatic rings. The topological polar surface area (TPSA) is 42.3 Å². The van der Waals surface area contributed by atoms with Gasteiger partial charge in [-0.15, -0.1) is 0 Å². The summed E-state index contributed by atoms with van der Waals surface area (Å²) in [7, 11) is 10.5. The van der Waals surface area contributed by atoms with Gasteiger partial charge in [-0.25, -0.2) is 0 Å². The molecule has 1 fully saturated rings. The van der Waals surface area contributed by atoms with Crippen LogP contribution in [0.4, 0.5) is 0 Å². The molecule has 0 aliphatic heterocycles. The van der Waals surface area contributed by atoms with Gasteiger partial charge in [-0.3, -0.25) is 0 Å². The molecule has 1 aliphatic carbocycles. The molecule has 17 heavy (non-hydrogen) atoms. The fourth-order valence-corrected chi connectivity index (χ4v) is 1.13. The Labute approximate surface area is 126 Å². The van der Waals surface area contributed by atoms with Gasteiger partial charge in [-0.2, -0.15) is 42.3 Å². The quantitative estimate of drug-likeness (QED) is 0.463. The SMILES string of the molecule is CC1CCCC1.C[N-]C.C[N-]C.C[N-]C.[CH3-].[Ti+4]. The predicted octanol–water partition coefficient (Wildman–Crippen LogP) is 4.50. The molecular formula is C13H33N3Ti. The zero-order valence-electron chi connectivity index (χ0n) is 13.2. The Morgan fingerprint density at radius 3 is 0.941 bits per heavy atom. The predicted molar refractivity (Wildman–Crippen MR) is 79.7 cm³/mol. The van der Waals surface area contributed by atoms with Gasteiger partial charge in [0.05, 0.1) is 0 Å². The van der Waals surface area contributed by atoms with E-state index < -0.39 is 0 Å². The molecule has 0 N–H and O–H groups in total. The minimum Gasteiger partial charge on any atom is -0.668 e. The molecule has 0 amide bonds. The standard InChI is InChI=1S/C6H12.3C2H6N.CH3.Ti/c1-6-4-2-3-5-6;3*1-3-2;;/h6H,2-5H2,1H3;3*1-2H3;1H3;/q;4*-1;+4. The van der Waals surface area contributed by atoms with Gasteiger partial charge in [-0.05, 0) is 5.92 Å². The first-order valence-electron chi connectivity index (χ1n) is 5.58. The molecule has 1 rings (SSSR count). The molecule has 1 saturated carbocycles. The van der Waals surface area contributed by atoms with Crippen LogP contribution >= 0.6 is 0 Å². The van der Waals surface area contributed by atoms with E-state index in [4.69, 9.17) is 0 Å². The molecule has 0 saturated heterocycles. The molecular weight excluding hydrogens is 246 g/mol. The summed E-state index contributed by atoms with van der Waals surface area (Å²) < 4.78 is 0. The van der Waals surface area contributed by atoms with E-state index in [0.717, 1.165) is 5.92 Å². The van der Waals surface area contributed by atoms with Crippen LogP contribution < -0.4 is 0 Å². The maximum absolute atomic E-state index is 3.50. The third-order valence-electron chi connectivity index (χ3n) is 1.64. The molecule has 0 bridgehead atoms. The molecule has 0 aromatic rings. The summed E-state index contributed by atoms with van der Waals surface area (Å²) in [4.78, 5) is 0. The molecule has 104 valence electrons. The van der Waals surface area contributed by atoms with Crippen LogP contribution in [0.1, 0.15) is 32.6 Å². The average Bonchev–Trinajstić information content (AvgIpc) is 2.60. The first kappa shape index (κ1) is 30.5. The normalized spacial score (nSPS) is 12.2. The number of hydrogen-bond donors (Lipinski definition) is 0. The summed E-state index contributed by atoms with van der Waals surface area (Å²) in [6.07, 6.45) is 5.95. The van der Waals surface area contributed by atoms with Crippen molar-refractivity contribution in [3.05, 3.63) is 23.4 Å². The van der Waals surface area contributed by atoms with Gasteiger partial charge in [0.25, 0.3) is 0 Å². The molecule has 0 unspecified atom stereocenters. The minimum absolute atomic E-state index is 0. The Kier molecular flexibility index (Phi) is 64.6. The van der Waals surface area contributed by atoms with Gasteiger partial charge in [-0.1, -0.05) is 32.6 Å². The number of nitrogens with zero attached hydrogens (tertiary/aromatic N) is 3. The van der Waals surface area contributed by atoms with Crippen molar-refractivity contribution >= 4 is 0 Å². The summed E-state index contributed by atoms with van der Waals surface area (Å²) in [6, 6.07) is 0. The first-order valence-corrected chi connectivity index (χ1v) is 5.58. The van der Waals surface area contributed by atoms with E-state index in [1.54, 1.807) is 42.3 Å². The summed E-state index contributed by atoms with van der Waals surface area (Å²) in [5.41, 5.74) is 0. The van der Waals surface area contributed by atoms with Crippen molar-refractivity contribution in [2.24, 2.45) is 5.92 Å². The maximum Gasteiger partial charge on any atom is 4.00 e. The molecule has 0 aromatic heterocycles. The second-order valence-electron chi connectivity index (χ2n) is 3.73. The summed E-state index contributed by atoms with van der Waals surface area (Å²) in [5, 5.41) is 10.5. The number of hydrogen-bond acceptors (Lipinski definition) is 0. The zero-order chi connectivity index (χ0) is 12.5. The van der Waals surface area contributed by atoms with Gasteiger partial charge in [0, 0.05) is 0 Å². The molecule has 0 spiro atoms. The van der Waals surface area contributed by atoms with E-state index in [-0.39, 0.29) is 29.1 Å². The van der Waals surface area contributed by atoms with Gasteiger partial charge in [0.2, 0.25) is 0 Å². The van der Waals surface area contributed by atoms with Crippen LogP contribution in [0, 0.1) is 13.3 Å². The van der Waals surface area contributed by atoms with Crippen LogP contribution in [0.25, 0.3) is 16.0 Å². The van der Waals surface area contributed by atoms with E-state index in [1.165, 1.54) is 25.7 Å². The number of rotatable bonds is 0. The molecule has 3 nitrogen and oxygen atoms in total. The fourth-order valence-electron chi connectivity index (χ4n) is 1.13. The molecule has 0 heterocycles. The van der Waals surface area contributed by atoms with Crippen LogP contribution in [-0.4, -0.2) is 42.3 Å². The monoisotopic (exact) mass is 279 g/mol. The summed E-state index contributed by atoms with van der Waals surface area (Å²) in [5.74, 6) is 1.05. The second kappa shape index (κ2) is 36.0. The van der Waals surface area contributed by atoms with E-state index in [0.29, 0.717) is 0 Å². The summed E-state index contributed by atoms with van der Waals surface area (Å²) in [6.45, 7) is 2.34. The van der Waals surface area contributed by atoms with Crippen molar-refractivity contribution in [2.75, 3.05) is 42.3 Å². The maximum atomic E-state index is 3.50. The Morgan fingerprint density at radius 1 is 0.706 bits per heavy atom. The van der Waals surface area contributed by atoms with Crippen molar-refractivity contribution in [1.29, 1.82) is 0 Å². The second-order valence-corrected chi connectivity index (χ2v) is 3.73. The molecule has 0 aromatic carbocycles. The van der Waals surface area contributed by atoms with Crippen molar-refractivity contribution in [1.82, 2.24) is 0 Å². The van der Waals surface area contributed by atoms with E-state index in [9.17, 15) is 0 Å². The van der Waals surface area contributed by atoms with Crippen molar-refractivity contribution in [2.45, 2.75) is 32.6 Å². The van der Waals surface area contributed by atoms with Crippen LogP contribution in [0.2, 0.25) is 0 Å². The zero-order valence-corrected chi connectivity index (χ0v) is 14.8. The average molecular weight is 279 g/mol. The van der Waals surface area contributed by atoms with Gasteiger partial charge in [0.1, 0.15) is 0 Å². The van der Waals surface area contributed by atoms with Crippen LogP contribution in [0.5, 0.6) is 0 Å².